The molecular formula is C14H18N2O4. The van der Waals surface area contributed by atoms with Crippen molar-refractivity contribution < 1.29 is 19.5 Å². The summed E-state index contributed by atoms with van der Waals surface area (Å²) < 4.78 is 0. The third-order valence-electron chi connectivity index (χ3n) is 2.69. The lowest BCUT2D eigenvalue weighted by atomic mass is 10.0. The maximum absolute atomic E-state index is 11.5. The van der Waals surface area contributed by atoms with E-state index in [9.17, 15) is 14.4 Å². The molecule has 0 aliphatic heterocycles. The molecule has 0 heterocycles. The lowest BCUT2D eigenvalue weighted by Crippen LogP contribution is -2.30. The highest BCUT2D eigenvalue weighted by molar-refractivity contribution is 5.89. The molecule has 2 amide bonds. The smallest absolute Gasteiger partial charge is 0.335 e. The molecule has 0 spiro atoms. The Morgan fingerprint density at radius 2 is 1.80 bits per heavy atom. The van der Waals surface area contributed by atoms with Gasteiger partial charge in [0.1, 0.15) is 0 Å². The van der Waals surface area contributed by atoms with Crippen molar-refractivity contribution in [2.24, 2.45) is 0 Å². The molecule has 108 valence electrons. The van der Waals surface area contributed by atoms with E-state index in [0.29, 0.717) is 25.1 Å². The number of carboxylic acids is 1. The largest absolute Gasteiger partial charge is 0.478 e. The molecular weight excluding hydrogens is 260 g/mol. The van der Waals surface area contributed by atoms with Gasteiger partial charge in [0.2, 0.25) is 11.8 Å². The van der Waals surface area contributed by atoms with Gasteiger partial charge in [-0.2, -0.15) is 0 Å². The number of carbonyl (C=O) groups excluding carboxylic acids is 2. The Morgan fingerprint density at radius 3 is 2.45 bits per heavy atom. The van der Waals surface area contributed by atoms with Crippen LogP contribution in [0.15, 0.2) is 24.3 Å². The Labute approximate surface area is 117 Å². The number of hydrogen-bond donors (Lipinski definition) is 3. The first-order valence-corrected chi connectivity index (χ1v) is 6.33. The third-order valence-corrected chi connectivity index (χ3v) is 2.69. The molecule has 0 saturated carbocycles. The van der Waals surface area contributed by atoms with Crippen LogP contribution in [0.3, 0.4) is 0 Å². The average molecular weight is 278 g/mol. The second kappa shape index (κ2) is 7.93. The molecule has 0 aliphatic carbocycles. The third kappa shape index (κ3) is 5.51. The Kier molecular flexibility index (Phi) is 6.22. The highest BCUT2D eigenvalue weighted by atomic mass is 16.4. The molecule has 0 radical (unpaired) electrons. The predicted molar refractivity (Wildman–Crippen MR) is 73.4 cm³/mol. The lowest BCUT2D eigenvalue weighted by molar-refractivity contribution is -0.121. The van der Waals surface area contributed by atoms with E-state index in [1.807, 2.05) is 0 Å². The topological polar surface area (TPSA) is 95.5 Å². The molecule has 6 nitrogen and oxygen atoms in total. The van der Waals surface area contributed by atoms with Crippen molar-refractivity contribution in [2.45, 2.75) is 19.8 Å². The fourth-order valence-corrected chi connectivity index (χ4v) is 1.72. The first-order chi connectivity index (χ1) is 9.50. The number of rotatable bonds is 7. The molecule has 20 heavy (non-hydrogen) atoms. The summed E-state index contributed by atoms with van der Waals surface area (Å²) in [5.74, 6) is -1.32. The van der Waals surface area contributed by atoms with Gasteiger partial charge in [-0.15, -0.1) is 0 Å². The molecule has 0 saturated heterocycles. The summed E-state index contributed by atoms with van der Waals surface area (Å²) in [6.45, 7) is 2.05. The van der Waals surface area contributed by atoms with Crippen molar-refractivity contribution in [3.05, 3.63) is 35.4 Å². The van der Waals surface area contributed by atoms with Gasteiger partial charge in [0.25, 0.3) is 0 Å². The summed E-state index contributed by atoms with van der Waals surface area (Å²) in [6, 6.07) is 6.70. The fraction of sp³-hybridized carbons (Fsp3) is 0.357. The van der Waals surface area contributed by atoms with Crippen LogP contribution < -0.4 is 10.6 Å². The van der Waals surface area contributed by atoms with Gasteiger partial charge >= 0.3 is 5.97 Å². The minimum absolute atomic E-state index is 0.173. The number of carbonyl (C=O) groups is 3. The number of carboxylic acid groups (broad SMARTS) is 1. The van der Waals surface area contributed by atoms with Gasteiger partial charge in [0, 0.05) is 26.4 Å². The van der Waals surface area contributed by atoms with E-state index < -0.39 is 5.97 Å². The van der Waals surface area contributed by atoms with E-state index in [0.717, 1.165) is 0 Å². The van der Waals surface area contributed by atoms with Crippen LogP contribution in [-0.2, 0) is 16.0 Å². The normalized spacial score (nSPS) is 9.85. The van der Waals surface area contributed by atoms with Crippen molar-refractivity contribution in [3.8, 4) is 0 Å². The van der Waals surface area contributed by atoms with Crippen molar-refractivity contribution in [3.63, 3.8) is 0 Å². The van der Waals surface area contributed by atoms with E-state index in [1.54, 1.807) is 18.2 Å². The zero-order valence-corrected chi connectivity index (χ0v) is 11.3. The number of amides is 2. The van der Waals surface area contributed by atoms with Crippen molar-refractivity contribution in [1.29, 1.82) is 0 Å². The molecule has 0 unspecified atom stereocenters. The lowest BCUT2D eigenvalue weighted by Gasteiger charge is -2.08. The van der Waals surface area contributed by atoms with E-state index in [2.05, 4.69) is 10.6 Å². The molecule has 0 bridgehead atoms. The van der Waals surface area contributed by atoms with Crippen LogP contribution in [-0.4, -0.2) is 36.0 Å². The van der Waals surface area contributed by atoms with Gasteiger partial charge in [-0.3, -0.25) is 9.59 Å². The molecule has 0 atom stereocenters. The molecule has 1 aromatic carbocycles. The highest BCUT2D eigenvalue weighted by Gasteiger charge is 2.09. The maximum Gasteiger partial charge on any atom is 0.335 e. The van der Waals surface area contributed by atoms with Crippen LogP contribution in [0.2, 0.25) is 0 Å². The van der Waals surface area contributed by atoms with Gasteiger partial charge in [-0.1, -0.05) is 18.2 Å². The summed E-state index contributed by atoms with van der Waals surface area (Å²) >= 11 is 0. The van der Waals surface area contributed by atoms with Crippen LogP contribution >= 0.6 is 0 Å². The van der Waals surface area contributed by atoms with Crippen LogP contribution in [0.5, 0.6) is 0 Å². The van der Waals surface area contributed by atoms with Crippen LogP contribution in [0, 0.1) is 0 Å². The Bertz CT molecular complexity index is 500. The number of nitrogens with one attached hydrogen (secondary N) is 2. The zero-order valence-electron chi connectivity index (χ0n) is 11.3. The summed E-state index contributed by atoms with van der Waals surface area (Å²) in [7, 11) is 0. The SMILES string of the molecule is CC(=O)NCCC(=O)NCCc1ccccc1C(=O)O. The second-order valence-corrected chi connectivity index (χ2v) is 4.30. The van der Waals surface area contributed by atoms with E-state index in [1.165, 1.54) is 13.0 Å². The number of hydrogen-bond acceptors (Lipinski definition) is 3. The molecule has 6 heteroatoms. The molecule has 0 aromatic heterocycles. The molecule has 0 aliphatic rings. The standard InChI is InChI=1S/C14H18N2O4/c1-10(17)15-9-7-13(18)16-8-6-11-4-2-3-5-12(11)14(19)20/h2-5H,6-9H2,1H3,(H,15,17)(H,16,18)(H,19,20). The molecule has 0 fully saturated rings. The van der Waals surface area contributed by atoms with Gasteiger partial charge in [-0.25, -0.2) is 4.79 Å². The highest BCUT2D eigenvalue weighted by Crippen LogP contribution is 2.08. The van der Waals surface area contributed by atoms with Gasteiger partial charge in [-0.05, 0) is 18.1 Å². The summed E-state index contributed by atoms with van der Waals surface area (Å²) in [4.78, 5) is 33.1. The van der Waals surface area contributed by atoms with Crippen LogP contribution in [0.4, 0.5) is 0 Å². The van der Waals surface area contributed by atoms with Crippen molar-refractivity contribution >= 4 is 17.8 Å². The quantitative estimate of drug-likeness (QED) is 0.679. The average Bonchev–Trinajstić information content (AvgIpc) is 2.38. The number of aromatic carboxylic acids is 1. The Morgan fingerprint density at radius 1 is 1.10 bits per heavy atom. The fourth-order valence-electron chi connectivity index (χ4n) is 1.72. The maximum atomic E-state index is 11.5. The van der Waals surface area contributed by atoms with Gasteiger partial charge < -0.3 is 15.7 Å². The van der Waals surface area contributed by atoms with E-state index in [4.69, 9.17) is 5.11 Å². The molecule has 1 rings (SSSR count). The number of benzene rings is 1. The predicted octanol–water partition coefficient (Wildman–Crippen LogP) is 0.570. The van der Waals surface area contributed by atoms with Crippen molar-refractivity contribution in [1.82, 2.24) is 10.6 Å². The van der Waals surface area contributed by atoms with Gasteiger partial charge in [0.15, 0.2) is 0 Å². The minimum atomic E-state index is -0.974. The van der Waals surface area contributed by atoms with E-state index in [-0.39, 0.29) is 23.8 Å². The van der Waals surface area contributed by atoms with Crippen molar-refractivity contribution in [2.75, 3.05) is 13.1 Å². The monoisotopic (exact) mass is 278 g/mol. The molecule has 3 N–H and O–H groups in total. The Balaban J connectivity index is 2.35. The van der Waals surface area contributed by atoms with Crippen LogP contribution in [0.1, 0.15) is 29.3 Å². The minimum Gasteiger partial charge on any atom is -0.478 e. The Hall–Kier alpha value is -2.37. The first-order valence-electron chi connectivity index (χ1n) is 6.33. The molecule has 1 aromatic rings. The first kappa shape index (κ1) is 15.7. The summed E-state index contributed by atoms with van der Waals surface area (Å²) in [6.07, 6.45) is 0.661. The van der Waals surface area contributed by atoms with Gasteiger partial charge in [0.05, 0.1) is 5.56 Å². The summed E-state index contributed by atoms with van der Waals surface area (Å²) in [5, 5.41) is 14.2. The zero-order chi connectivity index (χ0) is 15.0. The summed E-state index contributed by atoms with van der Waals surface area (Å²) in [5.41, 5.74) is 0.933. The second-order valence-electron chi connectivity index (χ2n) is 4.30. The van der Waals surface area contributed by atoms with Crippen LogP contribution in [0.25, 0.3) is 0 Å². The van der Waals surface area contributed by atoms with E-state index >= 15 is 0 Å².